The SMILES string of the molecule is CCc1nn(C)cc1Nc1cc2nc[nH]c(=O)c2cc1N. The zero-order valence-electron chi connectivity index (χ0n) is 11.8. The van der Waals surface area contributed by atoms with Crippen LogP contribution >= 0.6 is 0 Å². The summed E-state index contributed by atoms with van der Waals surface area (Å²) in [5, 5.41) is 8.11. The number of nitrogen functional groups attached to an aromatic ring is 1. The predicted molar refractivity (Wildman–Crippen MR) is 82.6 cm³/mol. The third-order valence-electron chi connectivity index (χ3n) is 3.32. The number of fused-ring (bicyclic) bond motifs is 1. The van der Waals surface area contributed by atoms with Crippen LogP contribution in [-0.4, -0.2) is 19.7 Å². The van der Waals surface area contributed by atoms with Crippen LogP contribution in [0.15, 0.2) is 29.5 Å². The maximum Gasteiger partial charge on any atom is 0.258 e. The molecular weight excluding hydrogens is 268 g/mol. The van der Waals surface area contributed by atoms with Crippen LogP contribution in [0.2, 0.25) is 0 Å². The second-order valence-corrected chi connectivity index (χ2v) is 4.83. The minimum atomic E-state index is -0.200. The maximum atomic E-state index is 11.7. The van der Waals surface area contributed by atoms with E-state index in [1.807, 2.05) is 20.2 Å². The van der Waals surface area contributed by atoms with Gasteiger partial charge >= 0.3 is 0 Å². The number of hydrogen-bond acceptors (Lipinski definition) is 5. The minimum absolute atomic E-state index is 0.200. The van der Waals surface area contributed by atoms with Crippen LogP contribution in [0, 0.1) is 0 Å². The van der Waals surface area contributed by atoms with E-state index in [-0.39, 0.29) is 5.56 Å². The molecule has 0 unspecified atom stereocenters. The summed E-state index contributed by atoms with van der Waals surface area (Å²) in [7, 11) is 1.87. The predicted octanol–water partition coefficient (Wildman–Crippen LogP) is 1.54. The molecule has 21 heavy (non-hydrogen) atoms. The first-order valence-corrected chi connectivity index (χ1v) is 6.65. The Hall–Kier alpha value is -2.83. The normalized spacial score (nSPS) is 11.0. The number of anilines is 3. The van der Waals surface area contributed by atoms with Crippen LogP contribution in [0.3, 0.4) is 0 Å². The van der Waals surface area contributed by atoms with E-state index in [4.69, 9.17) is 5.73 Å². The zero-order valence-corrected chi connectivity index (χ0v) is 11.8. The number of nitrogens with one attached hydrogen (secondary N) is 2. The Labute approximate surface area is 120 Å². The van der Waals surface area contributed by atoms with Crippen molar-refractivity contribution in [3.63, 3.8) is 0 Å². The van der Waals surface area contributed by atoms with E-state index in [0.29, 0.717) is 22.3 Å². The number of benzene rings is 1. The maximum absolute atomic E-state index is 11.7. The Bertz CT molecular complexity index is 864. The molecule has 0 amide bonds. The molecule has 0 aliphatic rings. The number of nitrogens with two attached hydrogens (primary N) is 1. The van der Waals surface area contributed by atoms with Gasteiger partial charge in [-0.25, -0.2) is 4.98 Å². The van der Waals surface area contributed by atoms with Gasteiger partial charge in [-0.3, -0.25) is 9.48 Å². The molecule has 3 aromatic rings. The highest BCUT2D eigenvalue weighted by Gasteiger charge is 2.10. The van der Waals surface area contributed by atoms with Crippen LogP contribution in [0.5, 0.6) is 0 Å². The summed E-state index contributed by atoms with van der Waals surface area (Å²) in [5.74, 6) is 0. The van der Waals surface area contributed by atoms with Crippen LogP contribution in [0.25, 0.3) is 10.9 Å². The van der Waals surface area contributed by atoms with E-state index in [1.54, 1.807) is 16.8 Å². The van der Waals surface area contributed by atoms with Crippen molar-refractivity contribution >= 4 is 28.0 Å². The van der Waals surface area contributed by atoms with E-state index in [9.17, 15) is 4.79 Å². The second-order valence-electron chi connectivity index (χ2n) is 4.83. The molecule has 3 rings (SSSR count). The van der Waals surface area contributed by atoms with Crippen LogP contribution in [-0.2, 0) is 13.5 Å². The Balaban J connectivity index is 2.08. The Morgan fingerprint density at radius 1 is 1.38 bits per heavy atom. The number of hydrogen-bond donors (Lipinski definition) is 3. The lowest BCUT2D eigenvalue weighted by molar-refractivity contribution is 0.746. The van der Waals surface area contributed by atoms with Gasteiger partial charge < -0.3 is 16.0 Å². The summed E-state index contributed by atoms with van der Waals surface area (Å²) in [4.78, 5) is 18.4. The fourth-order valence-corrected chi connectivity index (χ4v) is 2.29. The summed E-state index contributed by atoms with van der Waals surface area (Å²) >= 11 is 0. The van der Waals surface area contributed by atoms with Gasteiger partial charge in [-0.05, 0) is 18.6 Å². The molecule has 0 saturated carbocycles. The molecular formula is C14H16N6O. The van der Waals surface area contributed by atoms with E-state index >= 15 is 0 Å². The smallest absolute Gasteiger partial charge is 0.258 e. The van der Waals surface area contributed by atoms with E-state index in [1.165, 1.54) is 6.33 Å². The fourth-order valence-electron chi connectivity index (χ4n) is 2.29. The Morgan fingerprint density at radius 3 is 2.95 bits per heavy atom. The van der Waals surface area contributed by atoms with Crippen molar-refractivity contribution in [2.24, 2.45) is 7.05 Å². The Kier molecular flexibility index (Phi) is 3.09. The van der Waals surface area contributed by atoms with Gasteiger partial charge in [0.2, 0.25) is 0 Å². The van der Waals surface area contributed by atoms with Gasteiger partial charge in [0, 0.05) is 13.2 Å². The lowest BCUT2D eigenvalue weighted by Crippen LogP contribution is -2.07. The van der Waals surface area contributed by atoms with Crippen molar-refractivity contribution in [2.45, 2.75) is 13.3 Å². The number of aromatic nitrogens is 4. The van der Waals surface area contributed by atoms with Crippen LogP contribution < -0.4 is 16.6 Å². The van der Waals surface area contributed by atoms with Gasteiger partial charge in [-0.1, -0.05) is 6.92 Å². The molecule has 1 aromatic carbocycles. The van der Waals surface area contributed by atoms with Gasteiger partial charge in [0.15, 0.2) is 0 Å². The van der Waals surface area contributed by atoms with Crippen molar-refractivity contribution in [3.05, 3.63) is 40.7 Å². The number of rotatable bonds is 3. The average molecular weight is 284 g/mol. The molecule has 2 heterocycles. The summed E-state index contributed by atoms with van der Waals surface area (Å²) in [6.07, 6.45) is 4.09. The molecule has 0 saturated heterocycles. The third-order valence-corrected chi connectivity index (χ3v) is 3.32. The number of aromatic amines is 1. The van der Waals surface area contributed by atoms with Crippen molar-refractivity contribution in [3.8, 4) is 0 Å². The lowest BCUT2D eigenvalue weighted by Gasteiger charge is -2.09. The zero-order chi connectivity index (χ0) is 15.0. The molecule has 2 aromatic heterocycles. The molecule has 7 nitrogen and oxygen atoms in total. The number of H-pyrrole nitrogens is 1. The standard InChI is InChI=1S/C14H16N6O/c1-3-10-13(6-20(2)19-10)18-12-5-11-8(4-9(12)15)14(21)17-7-16-11/h4-7,18H,3,15H2,1-2H3,(H,16,17,21). The summed E-state index contributed by atoms with van der Waals surface area (Å²) in [6, 6.07) is 3.40. The molecule has 0 bridgehead atoms. The molecule has 0 aliphatic heterocycles. The molecule has 0 radical (unpaired) electrons. The summed E-state index contributed by atoms with van der Waals surface area (Å²) in [6.45, 7) is 2.04. The molecule has 7 heteroatoms. The van der Waals surface area contributed by atoms with Crippen molar-refractivity contribution in [2.75, 3.05) is 11.1 Å². The third kappa shape index (κ3) is 2.33. The van der Waals surface area contributed by atoms with Gasteiger partial charge in [0.25, 0.3) is 5.56 Å². The number of aryl methyl sites for hydroxylation is 2. The van der Waals surface area contributed by atoms with Crippen molar-refractivity contribution in [1.29, 1.82) is 0 Å². The lowest BCUT2D eigenvalue weighted by atomic mass is 10.2. The average Bonchev–Trinajstić information content (AvgIpc) is 2.81. The molecule has 0 spiro atoms. The minimum Gasteiger partial charge on any atom is -0.397 e. The highest BCUT2D eigenvalue weighted by Crippen LogP contribution is 2.27. The monoisotopic (exact) mass is 284 g/mol. The topological polar surface area (TPSA) is 102 Å². The first kappa shape index (κ1) is 13.2. The van der Waals surface area contributed by atoms with Crippen molar-refractivity contribution < 1.29 is 0 Å². The first-order chi connectivity index (χ1) is 10.1. The van der Waals surface area contributed by atoms with Crippen LogP contribution in [0.4, 0.5) is 17.1 Å². The van der Waals surface area contributed by atoms with Gasteiger partial charge in [-0.2, -0.15) is 5.10 Å². The quantitative estimate of drug-likeness (QED) is 0.633. The highest BCUT2D eigenvalue weighted by molar-refractivity contribution is 5.89. The summed E-state index contributed by atoms with van der Waals surface area (Å²) < 4.78 is 1.75. The van der Waals surface area contributed by atoms with E-state index in [0.717, 1.165) is 17.8 Å². The van der Waals surface area contributed by atoms with Gasteiger partial charge in [-0.15, -0.1) is 0 Å². The van der Waals surface area contributed by atoms with Crippen molar-refractivity contribution in [1.82, 2.24) is 19.7 Å². The first-order valence-electron chi connectivity index (χ1n) is 6.65. The van der Waals surface area contributed by atoms with E-state index in [2.05, 4.69) is 20.4 Å². The Morgan fingerprint density at radius 2 is 2.19 bits per heavy atom. The molecule has 0 atom stereocenters. The summed E-state index contributed by atoms with van der Waals surface area (Å²) in [5.41, 5.74) is 9.48. The number of nitrogens with zero attached hydrogens (tertiary/aromatic N) is 3. The van der Waals surface area contributed by atoms with E-state index < -0.39 is 0 Å². The van der Waals surface area contributed by atoms with Gasteiger partial charge in [0.1, 0.15) is 0 Å². The highest BCUT2D eigenvalue weighted by atomic mass is 16.1. The largest absolute Gasteiger partial charge is 0.397 e. The van der Waals surface area contributed by atoms with Gasteiger partial charge in [0.05, 0.1) is 40.0 Å². The molecule has 0 aliphatic carbocycles. The fraction of sp³-hybridized carbons (Fsp3) is 0.214. The molecule has 0 fully saturated rings. The second kappa shape index (κ2) is 4.93. The molecule has 4 N–H and O–H groups in total. The molecule has 108 valence electrons. The van der Waals surface area contributed by atoms with Crippen LogP contribution in [0.1, 0.15) is 12.6 Å².